The number of nitrogens with one attached hydrogen (secondary N) is 1. The van der Waals surface area contributed by atoms with E-state index in [1.807, 2.05) is 6.92 Å². The minimum absolute atomic E-state index is 0.0703. The number of carbonyl (C=O) groups is 1. The summed E-state index contributed by atoms with van der Waals surface area (Å²) in [6, 6.07) is 5.81. The molecular weight excluding hydrogens is 318 g/mol. The molecular formula is C14H11Cl2FN2O2. The summed E-state index contributed by atoms with van der Waals surface area (Å²) in [5.41, 5.74) is 0.300. The molecule has 0 fully saturated rings. The van der Waals surface area contributed by atoms with Gasteiger partial charge in [0, 0.05) is 5.02 Å². The molecule has 0 saturated carbocycles. The Kier molecular flexibility index (Phi) is 4.98. The van der Waals surface area contributed by atoms with E-state index >= 15 is 0 Å². The zero-order valence-electron chi connectivity index (χ0n) is 11.0. The predicted octanol–water partition coefficient (Wildman–Crippen LogP) is 4.18. The monoisotopic (exact) mass is 328 g/mol. The highest BCUT2D eigenvalue weighted by Crippen LogP contribution is 2.29. The summed E-state index contributed by atoms with van der Waals surface area (Å²) in [5, 5.41) is 2.92. The van der Waals surface area contributed by atoms with Crippen LogP contribution in [0.5, 0.6) is 5.75 Å². The van der Waals surface area contributed by atoms with Gasteiger partial charge >= 0.3 is 0 Å². The minimum atomic E-state index is -0.652. The molecule has 2 rings (SSSR count). The summed E-state index contributed by atoms with van der Waals surface area (Å²) in [6.45, 7) is 2.24. The lowest BCUT2D eigenvalue weighted by Crippen LogP contribution is -2.14. The Morgan fingerprint density at radius 2 is 2.14 bits per heavy atom. The third kappa shape index (κ3) is 3.83. The van der Waals surface area contributed by atoms with Gasteiger partial charge in [-0.2, -0.15) is 0 Å². The van der Waals surface area contributed by atoms with E-state index in [2.05, 4.69) is 10.3 Å². The zero-order valence-corrected chi connectivity index (χ0v) is 12.5. The van der Waals surface area contributed by atoms with Gasteiger partial charge in [0.15, 0.2) is 0 Å². The van der Waals surface area contributed by atoms with Crippen molar-refractivity contribution in [3.63, 3.8) is 0 Å². The van der Waals surface area contributed by atoms with Crippen molar-refractivity contribution in [3.05, 3.63) is 52.0 Å². The summed E-state index contributed by atoms with van der Waals surface area (Å²) in [6.07, 6.45) is 0.935. The number of aromatic nitrogens is 1. The maximum absolute atomic E-state index is 13.2. The fraction of sp³-hybridized carbons (Fsp3) is 0.143. The minimum Gasteiger partial charge on any atom is -0.492 e. The Labute approximate surface area is 130 Å². The summed E-state index contributed by atoms with van der Waals surface area (Å²) < 4.78 is 18.6. The van der Waals surface area contributed by atoms with Crippen LogP contribution in [0.25, 0.3) is 0 Å². The van der Waals surface area contributed by atoms with Crippen LogP contribution >= 0.6 is 23.2 Å². The predicted molar refractivity (Wildman–Crippen MR) is 79.8 cm³/mol. The molecule has 110 valence electrons. The molecule has 4 nitrogen and oxygen atoms in total. The van der Waals surface area contributed by atoms with Crippen LogP contribution in [0.15, 0.2) is 30.5 Å². The molecule has 1 aromatic heterocycles. The van der Waals surface area contributed by atoms with Gasteiger partial charge in [-0.15, -0.1) is 0 Å². The number of carbonyl (C=O) groups excluding carboxylic acids is 1. The van der Waals surface area contributed by atoms with Crippen molar-refractivity contribution in [1.29, 1.82) is 0 Å². The number of ether oxygens (including phenoxy) is 1. The number of pyridine rings is 1. The SMILES string of the molecule is CCOc1ccc(Cl)cc1NC(=O)c1cc(F)cnc1Cl. The molecule has 0 radical (unpaired) electrons. The van der Waals surface area contributed by atoms with Crippen LogP contribution in [0.4, 0.5) is 10.1 Å². The summed E-state index contributed by atoms with van der Waals surface area (Å²) >= 11 is 11.7. The van der Waals surface area contributed by atoms with Crippen LogP contribution in [-0.2, 0) is 0 Å². The number of benzene rings is 1. The van der Waals surface area contributed by atoms with E-state index < -0.39 is 11.7 Å². The van der Waals surface area contributed by atoms with Gasteiger partial charge in [0.05, 0.1) is 24.1 Å². The Hall–Kier alpha value is -1.85. The van der Waals surface area contributed by atoms with Crippen LogP contribution in [0.1, 0.15) is 17.3 Å². The lowest BCUT2D eigenvalue weighted by atomic mass is 10.2. The average Bonchev–Trinajstić information content (AvgIpc) is 2.44. The van der Waals surface area contributed by atoms with E-state index in [1.165, 1.54) is 6.07 Å². The number of hydrogen-bond acceptors (Lipinski definition) is 3. The number of anilines is 1. The second kappa shape index (κ2) is 6.74. The van der Waals surface area contributed by atoms with Crippen molar-refractivity contribution in [2.24, 2.45) is 0 Å². The normalized spacial score (nSPS) is 10.3. The molecule has 2 aromatic rings. The number of hydrogen-bond donors (Lipinski definition) is 1. The van der Waals surface area contributed by atoms with Crippen LogP contribution in [0.3, 0.4) is 0 Å². The molecule has 0 unspecified atom stereocenters. The quantitative estimate of drug-likeness (QED) is 0.856. The van der Waals surface area contributed by atoms with E-state index in [9.17, 15) is 9.18 Å². The molecule has 1 aromatic carbocycles. The van der Waals surface area contributed by atoms with Crippen molar-refractivity contribution >= 4 is 34.8 Å². The lowest BCUT2D eigenvalue weighted by molar-refractivity contribution is 0.102. The molecule has 1 N–H and O–H groups in total. The van der Waals surface area contributed by atoms with Crippen LogP contribution in [0, 0.1) is 5.82 Å². The maximum Gasteiger partial charge on any atom is 0.259 e. The zero-order chi connectivity index (χ0) is 15.4. The fourth-order valence-corrected chi connectivity index (χ4v) is 2.01. The van der Waals surface area contributed by atoms with E-state index in [0.29, 0.717) is 23.1 Å². The van der Waals surface area contributed by atoms with Gasteiger partial charge in [-0.05, 0) is 31.2 Å². The first-order chi connectivity index (χ1) is 10.0. The highest BCUT2D eigenvalue weighted by Gasteiger charge is 2.15. The molecule has 7 heteroatoms. The van der Waals surface area contributed by atoms with Crippen LogP contribution in [0.2, 0.25) is 10.2 Å². The third-order valence-corrected chi connectivity index (χ3v) is 3.08. The van der Waals surface area contributed by atoms with E-state index in [4.69, 9.17) is 27.9 Å². The van der Waals surface area contributed by atoms with E-state index in [0.717, 1.165) is 12.3 Å². The summed E-state index contributed by atoms with van der Waals surface area (Å²) in [7, 11) is 0. The Morgan fingerprint density at radius 1 is 1.38 bits per heavy atom. The largest absolute Gasteiger partial charge is 0.492 e. The second-order valence-electron chi connectivity index (χ2n) is 4.02. The van der Waals surface area contributed by atoms with Gasteiger partial charge in [-0.1, -0.05) is 23.2 Å². The molecule has 1 heterocycles. The van der Waals surface area contributed by atoms with Gasteiger partial charge in [0.1, 0.15) is 16.7 Å². The maximum atomic E-state index is 13.2. The van der Waals surface area contributed by atoms with Gasteiger partial charge in [0.2, 0.25) is 0 Å². The van der Waals surface area contributed by atoms with Gasteiger partial charge in [0.25, 0.3) is 5.91 Å². The fourth-order valence-electron chi connectivity index (χ4n) is 1.65. The Morgan fingerprint density at radius 3 is 2.86 bits per heavy atom. The van der Waals surface area contributed by atoms with Gasteiger partial charge in [-0.3, -0.25) is 4.79 Å². The molecule has 0 bridgehead atoms. The lowest BCUT2D eigenvalue weighted by Gasteiger charge is -2.12. The number of halogens is 3. The van der Waals surface area contributed by atoms with Crippen molar-refractivity contribution in [2.75, 3.05) is 11.9 Å². The first-order valence-corrected chi connectivity index (χ1v) is 6.81. The van der Waals surface area contributed by atoms with Gasteiger partial charge in [-0.25, -0.2) is 9.37 Å². The summed E-state index contributed by atoms with van der Waals surface area (Å²) in [4.78, 5) is 15.7. The number of nitrogens with zero attached hydrogens (tertiary/aromatic N) is 1. The van der Waals surface area contributed by atoms with E-state index in [-0.39, 0.29) is 10.7 Å². The highest BCUT2D eigenvalue weighted by molar-refractivity contribution is 6.33. The van der Waals surface area contributed by atoms with Crippen molar-refractivity contribution in [1.82, 2.24) is 4.98 Å². The summed E-state index contributed by atoms with van der Waals surface area (Å²) in [5.74, 6) is -0.799. The first kappa shape index (κ1) is 15.5. The van der Waals surface area contributed by atoms with E-state index in [1.54, 1.807) is 12.1 Å². The third-order valence-electron chi connectivity index (χ3n) is 2.54. The van der Waals surface area contributed by atoms with Crippen LogP contribution < -0.4 is 10.1 Å². The topological polar surface area (TPSA) is 51.2 Å². The highest BCUT2D eigenvalue weighted by atomic mass is 35.5. The smallest absolute Gasteiger partial charge is 0.259 e. The molecule has 0 aliphatic heterocycles. The molecule has 0 aliphatic rings. The second-order valence-corrected chi connectivity index (χ2v) is 4.81. The van der Waals surface area contributed by atoms with Crippen LogP contribution in [-0.4, -0.2) is 17.5 Å². The Bertz CT molecular complexity index is 680. The van der Waals surface area contributed by atoms with Crippen molar-refractivity contribution < 1.29 is 13.9 Å². The van der Waals surface area contributed by atoms with Crippen molar-refractivity contribution in [2.45, 2.75) is 6.92 Å². The first-order valence-electron chi connectivity index (χ1n) is 6.06. The Balaban J connectivity index is 2.31. The molecule has 21 heavy (non-hydrogen) atoms. The standard InChI is InChI=1S/C14H11Cl2FN2O2/c1-2-21-12-4-3-8(15)5-11(12)19-14(20)10-6-9(17)7-18-13(10)16/h3-7H,2H2,1H3,(H,19,20). The molecule has 1 amide bonds. The van der Waals surface area contributed by atoms with Gasteiger partial charge < -0.3 is 10.1 Å². The molecule has 0 spiro atoms. The average molecular weight is 329 g/mol. The van der Waals surface area contributed by atoms with Crippen molar-refractivity contribution in [3.8, 4) is 5.75 Å². The molecule has 0 atom stereocenters. The number of amides is 1. The molecule has 0 saturated heterocycles. The number of rotatable bonds is 4. The molecule has 0 aliphatic carbocycles.